The van der Waals surface area contributed by atoms with Crippen molar-refractivity contribution in [3.63, 3.8) is 0 Å². The molecule has 2 aromatic rings. The number of hydrogen-bond acceptors (Lipinski definition) is 1. The number of methoxy groups -OCH3 is 1. The van der Waals surface area contributed by atoms with Crippen molar-refractivity contribution >= 4 is 22.9 Å². The highest BCUT2D eigenvalue weighted by Gasteiger charge is 2.10. The first kappa shape index (κ1) is 8.69. The largest absolute Gasteiger partial charge is 0.380 e. The molecule has 3 rings (SSSR count). The van der Waals surface area contributed by atoms with E-state index in [9.17, 15) is 0 Å². The molecule has 74 valence electrons. The van der Waals surface area contributed by atoms with Crippen molar-refractivity contribution in [2.45, 2.75) is 6.61 Å². The van der Waals surface area contributed by atoms with E-state index in [1.807, 2.05) is 0 Å². The summed E-state index contributed by atoms with van der Waals surface area (Å²) in [7, 11) is 1.74. The lowest BCUT2D eigenvalue weighted by atomic mass is 10.00. The van der Waals surface area contributed by atoms with Gasteiger partial charge in [-0.2, -0.15) is 0 Å². The maximum atomic E-state index is 5.22. The second-order valence-electron chi connectivity index (χ2n) is 3.85. The number of rotatable bonds is 2. The summed E-state index contributed by atoms with van der Waals surface area (Å²) in [6.45, 7) is 0.681. The Hall–Kier alpha value is -1.60. The minimum Gasteiger partial charge on any atom is -0.380 e. The van der Waals surface area contributed by atoms with Gasteiger partial charge in [-0.3, -0.25) is 0 Å². The molecule has 1 nitrogen and oxygen atoms in total. The first-order chi connectivity index (χ1) is 7.40. The molecule has 0 unspecified atom stereocenters. The van der Waals surface area contributed by atoms with Crippen LogP contribution in [0.1, 0.15) is 16.7 Å². The summed E-state index contributed by atoms with van der Waals surface area (Å²) in [6.07, 6.45) is 4.35. The van der Waals surface area contributed by atoms with Gasteiger partial charge in [0, 0.05) is 7.11 Å². The number of ether oxygens (including phenoxy) is 1. The van der Waals surface area contributed by atoms with Crippen LogP contribution in [-0.2, 0) is 11.3 Å². The van der Waals surface area contributed by atoms with E-state index < -0.39 is 0 Å². The minimum atomic E-state index is 0.681. The van der Waals surface area contributed by atoms with Crippen LogP contribution in [0.15, 0.2) is 30.3 Å². The van der Waals surface area contributed by atoms with Crippen LogP contribution < -0.4 is 0 Å². The van der Waals surface area contributed by atoms with E-state index in [1.54, 1.807) is 7.11 Å². The van der Waals surface area contributed by atoms with Gasteiger partial charge >= 0.3 is 0 Å². The molecule has 2 aromatic carbocycles. The third kappa shape index (κ3) is 1.20. The quantitative estimate of drug-likeness (QED) is 0.609. The standard InChI is InChI=1S/C14H12O/c1-15-9-12-8-7-11-6-5-10-3-2-4-13(12)14(10)11/h2-8H,9H2,1H3. The molecular weight excluding hydrogens is 184 g/mol. The monoisotopic (exact) mass is 196 g/mol. The van der Waals surface area contributed by atoms with Crippen LogP contribution in [0.25, 0.3) is 22.9 Å². The molecule has 15 heavy (non-hydrogen) atoms. The molecule has 1 aliphatic carbocycles. The molecule has 0 spiro atoms. The molecule has 0 saturated heterocycles. The Morgan fingerprint density at radius 3 is 2.60 bits per heavy atom. The first-order valence-electron chi connectivity index (χ1n) is 5.12. The van der Waals surface area contributed by atoms with Gasteiger partial charge in [0.05, 0.1) is 6.61 Å². The fraction of sp³-hybridized carbons (Fsp3) is 0.143. The molecule has 1 aliphatic rings. The number of benzene rings is 2. The van der Waals surface area contributed by atoms with E-state index in [2.05, 4.69) is 42.5 Å². The molecule has 0 fully saturated rings. The van der Waals surface area contributed by atoms with Gasteiger partial charge in [-0.05, 0) is 27.5 Å². The summed E-state index contributed by atoms with van der Waals surface area (Å²) in [6, 6.07) is 10.8. The van der Waals surface area contributed by atoms with Gasteiger partial charge in [0.2, 0.25) is 0 Å². The molecule has 0 aliphatic heterocycles. The molecule has 0 heterocycles. The maximum Gasteiger partial charge on any atom is 0.0719 e. The molecule has 0 radical (unpaired) electrons. The van der Waals surface area contributed by atoms with Gasteiger partial charge in [-0.15, -0.1) is 0 Å². The van der Waals surface area contributed by atoms with E-state index in [-0.39, 0.29) is 0 Å². The average Bonchev–Trinajstić information content (AvgIpc) is 2.68. The van der Waals surface area contributed by atoms with Crippen LogP contribution in [0, 0.1) is 0 Å². The van der Waals surface area contributed by atoms with E-state index >= 15 is 0 Å². The predicted molar refractivity (Wildman–Crippen MR) is 63.6 cm³/mol. The van der Waals surface area contributed by atoms with Crippen molar-refractivity contribution in [3.05, 3.63) is 47.0 Å². The Labute approximate surface area is 89.0 Å². The van der Waals surface area contributed by atoms with Crippen molar-refractivity contribution in [1.82, 2.24) is 0 Å². The maximum absolute atomic E-state index is 5.22. The van der Waals surface area contributed by atoms with Gasteiger partial charge in [-0.1, -0.05) is 42.5 Å². The van der Waals surface area contributed by atoms with Crippen molar-refractivity contribution in [2.24, 2.45) is 0 Å². The van der Waals surface area contributed by atoms with E-state index in [0.717, 1.165) is 0 Å². The van der Waals surface area contributed by atoms with Crippen molar-refractivity contribution in [1.29, 1.82) is 0 Å². The summed E-state index contributed by atoms with van der Waals surface area (Å²) in [5.41, 5.74) is 3.91. The van der Waals surface area contributed by atoms with Crippen LogP contribution >= 0.6 is 0 Å². The normalized spacial score (nSPS) is 12.6. The van der Waals surface area contributed by atoms with Gasteiger partial charge in [0.1, 0.15) is 0 Å². The van der Waals surface area contributed by atoms with Crippen LogP contribution in [0.2, 0.25) is 0 Å². The average molecular weight is 196 g/mol. The fourth-order valence-corrected chi connectivity index (χ4v) is 2.26. The van der Waals surface area contributed by atoms with Crippen molar-refractivity contribution in [3.8, 4) is 0 Å². The lowest BCUT2D eigenvalue weighted by Gasteiger charge is -2.07. The van der Waals surface area contributed by atoms with Gasteiger partial charge in [-0.25, -0.2) is 0 Å². The highest BCUT2D eigenvalue weighted by atomic mass is 16.5. The minimum absolute atomic E-state index is 0.681. The molecule has 0 amide bonds. The molecule has 1 heteroatoms. The van der Waals surface area contributed by atoms with E-state index in [4.69, 9.17) is 4.74 Å². The Bertz CT molecular complexity index is 540. The fourth-order valence-electron chi connectivity index (χ4n) is 2.26. The molecule has 0 aromatic heterocycles. The predicted octanol–water partition coefficient (Wildman–Crippen LogP) is 3.47. The highest BCUT2D eigenvalue weighted by Crippen LogP contribution is 2.33. The van der Waals surface area contributed by atoms with Gasteiger partial charge < -0.3 is 4.74 Å². The van der Waals surface area contributed by atoms with Crippen LogP contribution in [0.4, 0.5) is 0 Å². The van der Waals surface area contributed by atoms with Gasteiger partial charge in [0.15, 0.2) is 0 Å². The van der Waals surface area contributed by atoms with Crippen LogP contribution in [0.3, 0.4) is 0 Å². The molecule has 0 N–H and O–H groups in total. The molecular formula is C14H12O. The Morgan fingerprint density at radius 2 is 1.80 bits per heavy atom. The Balaban J connectivity index is 2.36. The van der Waals surface area contributed by atoms with E-state index in [1.165, 1.54) is 27.5 Å². The SMILES string of the molecule is COCc1ccc2c3c(cccc13)C=C2. The molecule has 0 bridgehead atoms. The zero-order chi connectivity index (χ0) is 10.3. The van der Waals surface area contributed by atoms with Crippen LogP contribution in [0.5, 0.6) is 0 Å². The second kappa shape index (κ2) is 3.21. The first-order valence-corrected chi connectivity index (χ1v) is 5.12. The zero-order valence-electron chi connectivity index (χ0n) is 8.66. The second-order valence-corrected chi connectivity index (χ2v) is 3.85. The summed E-state index contributed by atoms with van der Waals surface area (Å²) < 4.78 is 5.22. The molecule has 0 saturated carbocycles. The molecule has 0 atom stereocenters. The van der Waals surface area contributed by atoms with Crippen LogP contribution in [-0.4, -0.2) is 7.11 Å². The number of hydrogen-bond donors (Lipinski definition) is 0. The summed E-state index contributed by atoms with van der Waals surface area (Å²) in [5.74, 6) is 0. The topological polar surface area (TPSA) is 9.23 Å². The summed E-state index contributed by atoms with van der Waals surface area (Å²) in [4.78, 5) is 0. The van der Waals surface area contributed by atoms with Crippen molar-refractivity contribution < 1.29 is 4.74 Å². The lowest BCUT2D eigenvalue weighted by Crippen LogP contribution is -1.90. The Morgan fingerprint density at radius 1 is 1.00 bits per heavy atom. The smallest absolute Gasteiger partial charge is 0.0719 e. The van der Waals surface area contributed by atoms with Gasteiger partial charge in [0.25, 0.3) is 0 Å². The summed E-state index contributed by atoms with van der Waals surface area (Å²) in [5, 5.41) is 2.68. The third-order valence-corrected chi connectivity index (χ3v) is 2.94. The highest BCUT2D eigenvalue weighted by molar-refractivity contribution is 6.05. The van der Waals surface area contributed by atoms with Crippen molar-refractivity contribution in [2.75, 3.05) is 7.11 Å². The zero-order valence-corrected chi connectivity index (χ0v) is 8.66. The third-order valence-electron chi connectivity index (χ3n) is 2.94. The lowest BCUT2D eigenvalue weighted by molar-refractivity contribution is 0.186. The Kier molecular flexibility index (Phi) is 1.86. The van der Waals surface area contributed by atoms with E-state index in [0.29, 0.717) is 6.61 Å². The summed E-state index contributed by atoms with van der Waals surface area (Å²) >= 11 is 0.